The zero-order chi connectivity index (χ0) is 17.7. The molecule has 2 heteroatoms. The van der Waals surface area contributed by atoms with E-state index in [1.165, 1.54) is 17.1 Å². The van der Waals surface area contributed by atoms with Gasteiger partial charge in [0.25, 0.3) is 0 Å². The molecule has 129 valence electrons. The van der Waals surface area contributed by atoms with Gasteiger partial charge in [-0.15, -0.1) is 0 Å². The van der Waals surface area contributed by atoms with Crippen LogP contribution in [0.5, 0.6) is 0 Å². The molecule has 0 amide bonds. The molecule has 0 saturated heterocycles. The second-order valence-corrected chi connectivity index (χ2v) is 11.2. The van der Waals surface area contributed by atoms with Crippen LogP contribution in [0.4, 0.5) is 0 Å². The van der Waals surface area contributed by atoms with Gasteiger partial charge in [-0.25, -0.2) is 0 Å². The first-order valence-corrected chi connectivity index (χ1v) is 11.6. The third-order valence-corrected chi connectivity index (χ3v) is 6.75. The van der Waals surface area contributed by atoms with Crippen molar-refractivity contribution in [3.8, 4) is 0 Å². The fourth-order valence-electron chi connectivity index (χ4n) is 2.08. The molecule has 1 aromatic carbocycles. The third kappa shape index (κ3) is 13.0. The van der Waals surface area contributed by atoms with E-state index in [-0.39, 0.29) is 21.7 Å². The zero-order valence-corrected chi connectivity index (χ0v) is 18.2. The Balaban J connectivity index is 0.000000425. The van der Waals surface area contributed by atoms with Crippen LogP contribution in [0.2, 0.25) is 19.1 Å². The summed E-state index contributed by atoms with van der Waals surface area (Å²) in [7, 11) is -1.26. The summed E-state index contributed by atoms with van der Waals surface area (Å²) in [5, 5.41) is 1.53. The van der Waals surface area contributed by atoms with Crippen LogP contribution >= 0.6 is 0 Å². The van der Waals surface area contributed by atoms with Crippen molar-refractivity contribution in [3.63, 3.8) is 0 Å². The molecule has 0 bridgehead atoms. The van der Waals surface area contributed by atoms with Crippen molar-refractivity contribution >= 4 is 13.3 Å². The van der Waals surface area contributed by atoms with Crippen molar-refractivity contribution in [2.75, 3.05) is 0 Å². The molecular formula is C23H29SiTi. The van der Waals surface area contributed by atoms with Crippen molar-refractivity contribution in [3.05, 3.63) is 114 Å². The zero-order valence-electron chi connectivity index (χ0n) is 15.7. The van der Waals surface area contributed by atoms with E-state index < -0.39 is 8.07 Å². The Morgan fingerprint density at radius 2 is 1.16 bits per heavy atom. The minimum atomic E-state index is -1.26. The van der Waals surface area contributed by atoms with E-state index >= 15 is 0 Å². The molecule has 2 fully saturated rings. The van der Waals surface area contributed by atoms with Crippen LogP contribution in [-0.4, -0.2) is 8.07 Å². The molecule has 0 unspecified atom stereocenters. The molecular weight excluding hydrogens is 352 g/mol. The van der Waals surface area contributed by atoms with E-state index in [9.17, 15) is 0 Å². The predicted octanol–water partition coefficient (Wildman–Crippen LogP) is 5.28. The first kappa shape index (κ1) is 25.2. The van der Waals surface area contributed by atoms with Crippen molar-refractivity contribution in [2.45, 2.75) is 26.1 Å². The molecule has 1 aromatic rings. The molecule has 3 rings (SSSR count). The standard InChI is InChI=1S/C13H19Si.2C5H5.Ti/c1-12(2)10-11-14(3,4)13-8-6-5-7-9-13;2*1-2-4-5-3-1;/h5-10H,1,11H2,2-4H3;2*1-5H;. The van der Waals surface area contributed by atoms with Gasteiger partial charge in [-0.3, -0.25) is 0 Å². The van der Waals surface area contributed by atoms with Crippen LogP contribution < -0.4 is 5.19 Å². The quantitative estimate of drug-likeness (QED) is 0.623. The van der Waals surface area contributed by atoms with E-state index in [0.29, 0.717) is 0 Å². The summed E-state index contributed by atoms with van der Waals surface area (Å²) in [5.74, 6) is 1.18. The fourth-order valence-corrected chi connectivity index (χ4v) is 4.27. The van der Waals surface area contributed by atoms with Crippen LogP contribution in [0.15, 0.2) is 30.3 Å². The van der Waals surface area contributed by atoms with Crippen LogP contribution in [0.3, 0.4) is 0 Å². The average Bonchev–Trinajstić information content (AvgIpc) is 3.31. The molecule has 0 atom stereocenters. The Morgan fingerprint density at radius 1 is 0.800 bits per heavy atom. The van der Waals surface area contributed by atoms with Crippen molar-refractivity contribution < 1.29 is 21.7 Å². The number of hydrogen-bond acceptors (Lipinski definition) is 0. The summed E-state index contributed by atoms with van der Waals surface area (Å²) < 4.78 is 0. The topological polar surface area (TPSA) is 0 Å². The minimum Gasteiger partial charge on any atom is -0.0654 e. The smallest absolute Gasteiger partial charge is 0.0654 e. The number of benzene rings is 1. The van der Waals surface area contributed by atoms with E-state index in [1.54, 1.807) is 0 Å². The van der Waals surface area contributed by atoms with Gasteiger partial charge < -0.3 is 0 Å². The Bertz CT molecular complexity index is 367. The maximum atomic E-state index is 3.92. The summed E-state index contributed by atoms with van der Waals surface area (Å²) in [5.41, 5.74) is 0. The van der Waals surface area contributed by atoms with Gasteiger partial charge >= 0.3 is 0 Å². The maximum Gasteiger partial charge on any atom is 0.0809 e. The van der Waals surface area contributed by atoms with Gasteiger partial charge in [-0.2, -0.15) is 0 Å². The molecule has 2 saturated carbocycles. The molecule has 0 aliphatic heterocycles. The largest absolute Gasteiger partial charge is 0.0809 e. The Hall–Kier alpha value is 0.151. The van der Waals surface area contributed by atoms with E-state index in [2.05, 4.69) is 63.7 Å². The fraction of sp³-hybridized carbons (Fsp3) is 0.174. The molecule has 13 radical (unpaired) electrons. The summed E-state index contributed by atoms with van der Waals surface area (Å²) in [6.45, 7) is 10.8. The van der Waals surface area contributed by atoms with Gasteiger partial charge in [-0.1, -0.05) is 55.5 Å². The van der Waals surface area contributed by atoms with Gasteiger partial charge in [0.2, 0.25) is 0 Å². The summed E-state index contributed by atoms with van der Waals surface area (Å²) in [4.78, 5) is 0. The van der Waals surface area contributed by atoms with Crippen molar-refractivity contribution in [1.82, 2.24) is 0 Å². The molecule has 0 N–H and O–H groups in total. The predicted molar refractivity (Wildman–Crippen MR) is 110 cm³/mol. The van der Waals surface area contributed by atoms with Gasteiger partial charge in [0.05, 0.1) is 8.07 Å². The molecule has 0 nitrogen and oxygen atoms in total. The molecule has 2 aliphatic carbocycles. The monoisotopic (exact) mass is 381 g/mol. The van der Waals surface area contributed by atoms with Gasteiger partial charge in [0.15, 0.2) is 0 Å². The normalized spacial score (nSPS) is 16.4. The summed E-state index contributed by atoms with van der Waals surface area (Å²) in [6.07, 6.45) is 22.3. The summed E-state index contributed by atoms with van der Waals surface area (Å²) >= 11 is 0. The van der Waals surface area contributed by atoms with Crippen LogP contribution in [0.25, 0.3) is 0 Å². The van der Waals surface area contributed by atoms with Crippen LogP contribution in [0.1, 0.15) is 6.92 Å². The molecule has 0 heterocycles. The van der Waals surface area contributed by atoms with E-state index in [4.69, 9.17) is 0 Å². The minimum absolute atomic E-state index is 0. The Morgan fingerprint density at radius 3 is 1.48 bits per heavy atom. The molecule has 0 aromatic heterocycles. The van der Waals surface area contributed by atoms with E-state index in [1.807, 2.05) is 64.2 Å². The summed E-state index contributed by atoms with van der Waals surface area (Å²) in [6, 6.07) is 12.0. The average molecular weight is 381 g/mol. The van der Waals surface area contributed by atoms with Crippen LogP contribution in [0, 0.1) is 83.5 Å². The van der Waals surface area contributed by atoms with Gasteiger partial charge in [0.1, 0.15) is 0 Å². The second kappa shape index (κ2) is 15.2. The van der Waals surface area contributed by atoms with Gasteiger partial charge in [-0.05, 0) is 89.5 Å². The maximum absolute atomic E-state index is 3.92. The first-order valence-electron chi connectivity index (χ1n) is 8.40. The van der Waals surface area contributed by atoms with Gasteiger partial charge in [0, 0.05) is 21.7 Å². The number of rotatable bonds is 4. The Kier molecular flexibility index (Phi) is 15.3. The SMILES string of the molecule is [CH2][C](C)[CH]C[Si](C)(C)c1ccccc1.[CH]1[CH][CH][CH][CH]1.[CH]1[CH][CH][CH][CH]1.[Ti]. The van der Waals surface area contributed by atoms with E-state index in [0.717, 1.165) is 0 Å². The Labute approximate surface area is 174 Å². The number of hydrogen-bond donors (Lipinski definition) is 0. The molecule has 25 heavy (non-hydrogen) atoms. The molecule has 2 aliphatic rings. The third-order valence-electron chi connectivity index (χ3n) is 3.63. The van der Waals surface area contributed by atoms with Crippen molar-refractivity contribution in [2.24, 2.45) is 0 Å². The second-order valence-electron chi connectivity index (χ2n) is 6.43. The first-order chi connectivity index (χ1) is 11.5. The molecule has 0 spiro atoms. The van der Waals surface area contributed by atoms with Crippen molar-refractivity contribution in [1.29, 1.82) is 0 Å². The van der Waals surface area contributed by atoms with Crippen LogP contribution in [-0.2, 0) is 21.7 Å².